The van der Waals surface area contributed by atoms with Gasteiger partial charge in [-0.05, 0) is 6.42 Å². The number of aromatic nitrogens is 2. The first kappa shape index (κ1) is 11.4. The van der Waals surface area contributed by atoms with Crippen molar-refractivity contribution in [1.29, 1.82) is 0 Å². The van der Waals surface area contributed by atoms with Crippen molar-refractivity contribution in [2.75, 3.05) is 6.54 Å². The van der Waals surface area contributed by atoms with Crippen molar-refractivity contribution < 1.29 is 9.90 Å². The van der Waals surface area contributed by atoms with Gasteiger partial charge in [0.1, 0.15) is 17.0 Å². The molecule has 0 unspecified atom stereocenters. The molecular formula is C10H14ClN3O2. The molecule has 1 aromatic rings. The van der Waals surface area contributed by atoms with E-state index in [1.807, 2.05) is 16.4 Å². The number of carbonyl (C=O) groups is 1. The summed E-state index contributed by atoms with van der Waals surface area (Å²) in [6.07, 6.45) is 2.21. The lowest BCUT2D eigenvalue weighted by molar-refractivity contribution is -0.144. The zero-order chi connectivity index (χ0) is 11.7. The Hall–Kier alpha value is -1.07. The van der Waals surface area contributed by atoms with Crippen molar-refractivity contribution >= 4 is 17.6 Å². The lowest BCUT2D eigenvalue weighted by Crippen LogP contribution is -2.45. The maximum atomic E-state index is 11.1. The van der Waals surface area contributed by atoms with Gasteiger partial charge in [-0.1, -0.05) is 18.5 Å². The van der Waals surface area contributed by atoms with Crippen LogP contribution in [0.3, 0.4) is 0 Å². The highest BCUT2D eigenvalue weighted by Crippen LogP contribution is 2.20. The van der Waals surface area contributed by atoms with Crippen molar-refractivity contribution in [2.45, 2.75) is 32.5 Å². The van der Waals surface area contributed by atoms with Crippen LogP contribution in [0.15, 0.2) is 6.20 Å². The molecule has 0 fully saturated rings. The molecule has 88 valence electrons. The highest BCUT2D eigenvalue weighted by atomic mass is 35.5. The molecule has 1 atom stereocenters. The summed E-state index contributed by atoms with van der Waals surface area (Å²) in [6.45, 7) is 3.84. The number of hydrogen-bond acceptors (Lipinski definition) is 3. The molecule has 6 heteroatoms. The lowest BCUT2D eigenvalue weighted by atomic mass is 10.1. The van der Waals surface area contributed by atoms with Crippen molar-refractivity contribution in [2.24, 2.45) is 0 Å². The second kappa shape index (κ2) is 4.43. The summed E-state index contributed by atoms with van der Waals surface area (Å²) < 4.78 is 1.92. The predicted molar refractivity (Wildman–Crippen MR) is 59.4 cm³/mol. The topological polar surface area (TPSA) is 58.4 Å². The first-order valence-electron chi connectivity index (χ1n) is 5.30. The van der Waals surface area contributed by atoms with Crippen molar-refractivity contribution in [3.05, 3.63) is 17.2 Å². The van der Waals surface area contributed by atoms with Gasteiger partial charge < -0.3 is 9.67 Å². The summed E-state index contributed by atoms with van der Waals surface area (Å²) in [4.78, 5) is 17.2. The normalized spacial score (nSPS) is 18.1. The van der Waals surface area contributed by atoms with Crippen LogP contribution in [0, 0.1) is 0 Å². The van der Waals surface area contributed by atoms with Crippen molar-refractivity contribution in [3.8, 4) is 0 Å². The van der Waals surface area contributed by atoms with Crippen molar-refractivity contribution in [3.63, 3.8) is 0 Å². The van der Waals surface area contributed by atoms with Crippen LogP contribution >= 0.6 is 11.6 Å². The highest BCUT2D eigenvalue weighted by molar-refractivity contribution is 6.29. The Morgan fingerprint density at radius 3 is 3.06 bits per heavy atom. The Bertz CT molecular complexity index is 405. The molecule has 0 aromatic carbocycles. The van der Waals surface area contributed by atoms with E-state index in [0.29, 0.717) is 31.2 Å². The number of halogens is 1. The number of hydrogen-bond donors (Lipinski definition) is 1. The van der Waals surface area contributed by atoms with Crippen LogP contribution < -0.4 is 0 Å². The number of nitrogens with zero attached hydrogens (tertiary/aromatic N) is 3. The van der Waals surface area contributed by atoms with Gasteiger partial charge in [0.15, 0.2) is 0 Å². The van der Waals surface area contributed by atoms with Crippen molar-refractivity contribution in [1.82, 2.24) is 14.5 Å². The molecule has 2 rings (SSSR count). The van der Waals surface area contributed by atoms with E-state index in [1.54, 1.807) is 6.20 Å². The number of carboxylic acid groups (broad SMARTS) is 1. The van der Waals surface area contributed by atoms with Gasteiger partial charge in [-0.2, -0.15) is 0 Å². The van der Waals surface area contributed by atoms with E-state index in [2.05, 4.69) is 4.98 Å². The van der Waals surface area contributed by atoms with Crippen LogP contribution in [0.2, 0.25) is 5.15 Å². The molecule has 0 spiro atoms. The third kappa shape index (κ3) is 1.92. The molecule has 1 aromatic heterocycles. The zero-order valence-electron chi connectivity index (χ0n) is 9.06. The van der Waals surface area contributed by atoms with Gasteiger partial charge in [0, 0.05) is 13.1 Å². The summed E-state index contributed by atoms with van der Waals surface area (Å²) in [5.74, 6) is 0.0737. The molecule has 0 aliphatic carbocycles. The minimum Gasteiger partial charge on any atom is -0.480 e. The number of carboxylic acids is 1. The Labute approximate surface area is 98.6 Å². The molecule has 5 nitrogen and oxygen atoms in total. The van der Waals surface area contributed by atoms with E-state index in [0.717, 1.165) is 5.82 Å². The molecule has 1 aliphatic rings. The minimum absolute atomic E-state index is 0.427. The predicted octanol–water partition coefficient (Wildman–Crippen LogP) is 1.22. The SMILES string of the molecule is CC[C@@H](C(=O)O)N1CCn2c(Cl)cnc2C1. The smallest absolute Gasteiger partial charge is 0.320 e. The van der Waals surface area contributed by atoms with E-state index < -0.39 is 12.0 Å². The summed E-state index contributed by atoms with van der Waals surface area (Å²) in [6, 6.07) is -0.427. The van der Waals surface area contributed by atoms with E-state index in [-0.39, 0.29) is 0 Å². The third-order valence-electron chi connectivity index (χ3n) is 2.96. The molecule has 2 heterocycles. The third-order valence-corrected chi connectivity index (χ3v) is 3.26. The maximum Gasteiger partial charge on any atom is 0.320 e. The van der Waals surface area contributed by atoms with Crippen LogP contribution in [0.5, 0.6) is 0 Å². The van der Waals surface area contributed by atoms with Gasteiger partial charge >= 0.3 is 5.97 Å². The average Bonchev–Trinajstić information content (AvgIpc) is 2.61. The maximum absolute atomic E-state index is 11.1. The largest absolute Gasteiger partial charge is 0.480 e. The lowest BCUT2D eigenvalue weighted by Gasteiger charge is -2.31. The number of fused-ring (bicyclic) bond motifs is 1. The second-order valence-electron chi connectivity index (χ2n) is 3.88. The summed E-state index contributed by atoms with van der Waals surface area (Å²) in [5, 5.41) is 9.71. The molecule has 0 amide bonds. The first-order valence-corrected chi connectivity index (χ1v) is 5.68. The van der Waals surface area contributed by atoms with E-state index >= 15 is 0 Å². The molecule has 0 saturated carbocycles. The summed E-state index contributed by atoms with van der Waals surface area (Å²) >= 11 is 5.95. The van der Waals surface area contributed by atoms with E-state index in [4.69, 9.17) is 16.7 Å². The molecule has 0 radical (unpaired) electrons. The van der Waals surface area contributed by atoms with Gasteiger partial charge in [0.05, 0.1) is 12.7 Å². The number of rotatable bonds is 3. The molecule has 1 N–H and O–H groups in total. The van der Waals surface area contributed by atoms with Gasteiger partial charge in [0.25, 0.3) is 0 Å². The summed E-state index contributed by atoms with van der Waals surface area (Å²) in [7, 11) is 0. The minimum atomic E-state index is -0.770. The molecule has 1 aliphatic heterocycles. The highest BCUT2D eigenvalue weighted by Gasteiger charge is 2.28. The Balaban J connectivity index is 2.16. The van der Waals surface area contributed by atoms with Crippen LogP contribution in [-0.4, -0.2) is 38.1 Å². The fourth-order valence-corrected chi connectivity index (χ4v) is 2.33. The Morgan fingerprint density at radius 1 is 1.69 bits per heavy atom. The second-order valence-corrected chi connectivity index (χ2v) is 4.27. The quantitative estimate of drug-likeness (QED) is 0.867. The molecule has 0 saturated heterocycles. The summed E-state index contributed by atoms with van der Waals surface area (Å²) in [5.41, 5.74) is 0. The van der Waals surface area contributed by atoms with Gasteiger partial charge in [-0.15, -0.1) is 0 Å². The number of imidazole rings is 1. The van der Waals surface area contributed by atoms with E-state index in [1.165, 1.54) is 0 Å². The Kier molecular flexibility index (Phi) is 3.16. The van der Waals surface area contributed by atoms with Crippen LogP contribution in [0.1, 0.15) is 19.2 Å². The number of aliphatic carboxylic acids is 1. The van der Waals surface area contributed by atoms with Crippen LogP contribution in [0.4, 0.5) is 0 Å². The van der Waals surface area contributed by atoms with Gasteiger partial charge in [0.2, 0.25) is 0 Å². The monoisotopic (exact) mass is 243 g/mol. The molecular weight excluding hydrogens is 230 g/mol. The zero-order valence-corrected chi connectivity index (χ0v) is 9.81. The van der Waals surface area contributed by atoms with Crippen LogP contribution in [-0.2, 0) is 17.9 Å². The molecule has 0 bridgehead atoms. The van der Waals surface area contributed by atoms with Gasteiger partial charge in [-0.25, -0.2) is 4.98 Å². The fourth-order valence-electron chi connectivity index (χ4n) is 2.10. The molecule has 16 heavy (non-hydrogen) atoms. The standard InChI is InChI=1S/C10H14ClN3O2/c1-2-7(10(15)16)13-3-4-14-8(11)5-12-9(14)6-13/h5,7H,2-4,6H2,1H3,(H,15,16)/t7-/m0/s1. The average molecular weight is 244 g/mol. The first-order chi connectivity index (χ1) is 7.63. The fraction of sp³-hybridized carbons (Fsp3) is 0.600. The van der Waals surface area contributed by atoms with Gasteiger partial charge in [-0.3, -0.25) is 9.69 Å². The van der Waals surface area contributed by atoms with E-state index in [9.17, 15) is 4.79 Å². The Morgan fingerprint density at radius 2 is 2.44 bits per heavy atom. The van der Waals surface area contributed by atoms with Crippen LogP contribution in [0.25, 0.3) is 0 Å².